The van der Waals surface area contributed by atoms with Crippen LogP contribution in [0.4, 0.5) is 0 Å². The summed E-state index contributed by atoms with van der Waals surface area (Å²) in [6.07, 6.45) is 0.904. The van der Waals surface area contributed by atoms with Gasteiger partial charge >= 0.3 is 5.69 Å². The van der Waals surface area contributed by atoms with Crippen LogP contribution >= 0.6 is 23.2 Å². The molecule has 25 heavy (non-hydrogen) atoms. The average molecular weight is 407 g/mol. The molecule has 3 rings (SSSR count). The smallest absolute Gasteiger partial charge is 0.349 e. The molecular formula is C13H12Cl2N4O5S. The number of aromatic nitrogens is 3. The van der Waals surface area contributed by atoms with Gasteiger partial charge in [-0.15, -0.1) is 0 Å². The minimum Gasteiger partial charge on any atom is -0.379 e. The van der Waals surface area contributed by atoms with Crippen molar-refractivity contribution < 1.29 is 13.2 Å². The standard InChI is InChI=1S/C13H12Cl2N4O5S/c14-9-5-8(19-13(21)17-11(20)7-16-19)6-10(15)12(9)25(22,23)18-1-3-24-4-2-18/h5-7H,1-4H2,(H,17,20,21). The number of hydrogen-bond acceptors (Lipinski definition) is 6. The molecule has 12 heteroatoms. The maximum atomic E-state index is 12.8. The van der Waals surface area contributed by atoms with Gasteiger partial charge in [0.05, 0.1) is 28.9 Å². The van der Waals surface area contributed by atoms with Gasteiger partial charge in [0.25, 0.3) is 5.56 Å². The summed E-state index contributed by atoms with van der Waals surface area (Å²) in [6.45, 7) is 0.946. The van der Waals surface area contributed by atoms with E-state index in [1.54, 1.807) is 0 Å². The Kier molecular flexibility index (Phi) is 4.98. The van der Waals surface area contributed by atoms with E-state index in [4.69, 9.17) is 27.9 Å². The monoisotopic (exact) mass is 406 g/mol. The molecule has 2 aromatic rings. The summed E-state index contributed by atoms with van der Waals surface area (Å²) >= 11 is 12.3. The molecule has 1 aromatic heterocycles. The Balaban J connectivity index is 2.09. The second-order valence-electron chi connectivity index (χ2n) is 5.11. The van der Waals surface area contributed by atoms with Gasteiger partial charge in [-0.2, -0.15) is 14.1 Å². The van der Waals surface area contributed by atoms with E-state index in [2.05, 4.69) is 5.10 Å². The zero-order valence-corrected chi connectivity index (χ0v) is 14.9. The van der Waals surface area contributed by atoms with Crippen molar-refractivity contribution in [1.82, 2.24) is 19.1 Å². The molecule has 0 spiro atoms. The van der Waals surface area contributed by atoms with E-state index in [1.807, 2.05) is 4.98 Å². The van der Waals surface area contributed by atoms with Gasteiger partial charge in [0.15, 0.2) is 0 Å². The fourth-order valence-electron chi connectivity index (χ4n) is 2.37. The predicted molar refractivity (Wildman–Crippen MR) is 90.1 cm³/mol. The van der Waals surface area contributed by atoms with Gasteiger partial charge in [-0.1, -0.05) is 23.2 Å². The van der Waals surface area contributed by atoms with E-state index >= 15 is 0 Å². The molecule has 0 atom stereocenters. The number of ether oxygens (including phenoxy) is 1. The van der Waals surface area contributed by atoms with Gasteiger partial charge in [0, 0.05) is 13.1 Å². The maximum Gasteiger partial charge on any atom is 0.349 e. The van der Waals surface area contributed by atoms with Crippen LogP contribution in [0.1, 0.15) is 0 Å². The van der Waals surface area contributed by atoms with Crippen molar-refractivity contribution in [1.29, 1.82) is 0 Å². The van der Waals surface area contributed by atoms with Crippen molar-refractivity contribution in [3.63, 3.8) is 0 Å². The molecule has 134 valence electrons. The number of morpholine rings is 1. The first-order valence-electron chi connectivity index (χ1n) is 7.06. The van der Waals surface area contributed by atoms with E-state index in [1.165, 1.54) is 16.4 Å². The first kappa shape index (κ1) is 18.1. The lowest BCUT2D eigenvalue weighted by molar-refractivity contribution is 0.0730. The molecule has 0 aliphatic carbocycles. The predicted octanol–water partition coefficient (Wildman–Crippen LogP) is 0.248. The van der Waals surface area contributed by atoms with Crippen molar-refractivity contribution in [2.45, 2.75) is 4.90 Å². The van der Waals surface area contributed by atoms with Crippen LogP contribution in [0.5, 0.6) is 0 Å². The van der Waals surface area contributed by atoms with Crippen molar-refractivity contribution in [2.75, 3.05) is 26.3 Å². The van der Waals surface area contributed by atoms with Crippen LogP contribution in [0, 0.1) is 0 Å². The van der Waals surface area contributed by atoms with Crippen LogP contribution < -0.4 is 11.2 Å². The molecule has 2 heterocycles. The van der Waals surface area contributed by atoms with E-state index in [9.17, 15) is 18.0 Å². The first-order valence-corrected chi connectivity index (χ1v) is 9.26. The third-order valence-electron chi connectivity index (χ3n) is 3.51. The van der Waals surface area contributed by atoms with Crippen LogP contribution in [-0.2, 0) is 14.8 Å². The molecule has 1 aliphatic rings. The van der Waals surface area contributed by atoms with Gasteiger partial charge in [0.1, 0.15) is 11.1 Å². The molecule has 0 radical (unpaired) electrons. The third kappa shape index (κ3) is 3.48. The zero-order valence-electron chi connectivity index (χ0n) is 12.6. The summed E-state index contributed by atoms with van der Waals surface area (Å²) in [5.74, 6) is 0. The Morgan fingerprint density at radius 1 is 1.12 bits per heavy atom. The van der Waals surface area contributed by atoms with Crippen LogP contribution in [0.25, 0.3) is 5.69 Å². The number of rotatable bonds is 3. The molecule has 0 bridgehead atoms. The second-order valence-corrected chi connectivity index (χ2v) is 7.79. The SMILES string of the molecule is O=c1cnn(-c2cc(Cl)c(S(=O)(=O)N3CCOCC3)c(Cl)c2)c(=O)[nH]1. The molecular weight excluding hydrogens is 395 g/mol. The Labute approximate surface area is 151 Å². The minimum absolute atomic E-state index is 0.122. The van der Waals surface area contributed by atoms with Crippen molar-refractivity contribution in [3.8, 4) is 5.69 Å². The first-order chi connectivity index (χ1) is 11.8. The minimum atomic E-state index is -3.92. The summed E-state index contributed by atoms with van der Waals surface area (Å²) in [7, 11) is -3.92. The highest BCUT2D eigenvalue weighted by atomic mass is 35.5. The third-order valence-corrected chi connectivity index (χ3v) is 6.33. The topological polar surface area (TPSA) is 114 Å². The molecule has 9 nitrogen and oxygen atoms in total. The lowest BCUT2D eigenvalue weighted by Crippen LogP contribution is -2.40. The summed E-state index contributed by atoms with van der Waals surface area (Å²) in [5, 5.41) is 3.36. The molecule has 1 N–H and O–H groups in total. The number of halogens is 2. The van der Waals surface area contributed by atoms with Crippen LogP contribution in [0.3, 0.4) is 0 Å². The van der Waals surface area contributed by atoms with Gasteiger partial charge < -0.3 is 4.74 Å². The summed E-state index contributed by atoms with van der Waals surface area (Å²) < 4.78 is 32.7. The summed E-state index contributed by atoms with van der Waals surface area (Å²) in [6, 6.07) is 2.49. The van der Waals surface area contributed by atoms with Crippen LogP contribution in [0.2, 0.25) is 10.0 Å². The molecule has 1 aliphatic heterocycles. The molecule has 1 fully saturated rings. The van der Waals surface area contributed by atoms with Crippen LogP contribution in [0.15, 0.2) is 32.8 Å². The highest BCUT2D eigenvalue weighted by Gasteiger charge is 2.31. The molecule has 0 amide bonds. The van der Waals surface area contributed by atoms with Gasteiger partial charge in [-0.05, 0) is 12.1 Å². The Bertz CT molecular complexity index is 1000. The highest BCUT2D eigenvalue weighted by molar-refractivity contribution is 7.89. The van der Waals surface area contributed by atoms with Crippen molar-refractivity contribution in [2.24, 2.45) is 0 Å². The number of nitrogens with zero attached hydrogens (tertiary/aromatic N) is 3. The normalized spacial score (nSPS) is 16.1. The lowest BCUT2D eigenvalue weighted by Gasteiger charge is -2.26. The second kappa shape index (κ2) is 6.89. The van der Waals surface area contributed by atoms with E-state index in [-0.39, 0.29) is 46.9 Å². The van der Waals surface area contributed by atoms with E-state index in [0.29, 0.717) is 0 Å². The van der Waals surface area contributed by atoms with E-state index < -0.39 is 21.3 Å². The average Bonchev–Trinajstić information content (AvgIpc) is 2.54. The van der Waals surface area contributed by atoms with Crippen molar-refractivity contribution in [3.05, 3.63) is 49.2 Å². The number of aromatic amines is 1. The molecule has 1 aromatic carbocycles. The number of H-pyrrole nitrogens is 1. The molecule has 0 saturated carbocycles. The molecule has 0 unspecified atom stereocenters. The van der Waals surface area contributed by atoms with Crippen molar-refractivity contribution >= 4 is 33.2 Å². The fraction of sp³-hybridized carbons (Fsp3) is 0.308. The number of hydrogen-bond donors (Lipinski definition) is 1. The maximum absolute atomic E-state index is 12.8. The lowest BCUT2D eigenvalue weighted by atomic mass is 10.3. The highest BCUT2D eigenvalue weighted by Crippen LogP contribution is 2.34. The number of sulfonamides is 1. The zero-order chi connectivity index (χ0) is 18.2. The number of benzene rings is 1. The Morgan fingerprint density at radius 2 is 1.72 bits per heavy atom. The van der Waals surface area contributed by atoms with Gasteiger partial charge in [0.2, 0.25) is 10.0 Å². The van der Waals surface area contributed by atoms with E-state index in [0.717, 1.165) is 10.9 Å². The fourth-order valence-corrected chi connectivity index (χ4v) is 4.93. The van der Waals surface area contributed by atoms with Gasteiger partial charge in [-0.3, -0.25) is 9.78 Å². The molecule has 1 saturated heterocycles. The Hall–Kier alpha value is -1.72. The summed E-state index contributed by atoms with van der Waals surface area (Å²) in [4.78, 5) is 24.7. The Morgan fingerprint density at radius 3 is 2.28 bits per heavy atom. The van der Waals surface area contributed by atoms with Gasteiger partial charge in [-0.25, -0.2) is 13.2 Å². The van der Waals surface area contributed by atoms with Crippen LogP contribution in [-0.4, -0.2) is 53.8 Å². The number of nitrogens with one attached hydrogen (secondary N) is 1. The largest absolute Gasteiger partial charge is 0.379 e. The summed E-state index contributed by atoms with van der Waals surface area (Å²) in [5.41, 5.74) is -1.34. The quantitative estimate of drug-likeness (QED) is 0.780.